The van der Waals surface area contributed by atoms with Gasteiger partial charge >= 0.3 is 0 Å². The maximum Gasteiger partial charge on any atom is 0.163 e. The van der Waals surface area contributed by atoms with E-state index in [0.29, 0.717) is 12.2 Å². The predicted octanol–water partition coefficient (Wildman–Crippen LogP) is 6.64. The molecule has 3 heteroatoms. The highest BCUT2D eigenvalue weighted by Gasteiger charge is 2.39. The number of ether oxygens (including phenoxy) is 2. The van der Waals surface area contributed by atoms with Gasteiger partial charge in [-0.25, -0.2) is 0 Å². The van der Waals surface area contributed by atoms with Gasteiger partial charge in [0.05, 0.1) is 12.2 Å². The van der Waals surface area contributed by atoms with Gasteiger partial charge in [0.25, 0.3) is 0 Å². The fourth-order valence-corrected chi connectivity index (χ4v) is 3.95. The lowest BCUT2D eigenvalue weighted by atomic mass is 10.0. The molecule has 0 spiro atoms. The lowest BCUT2D eigenvalue weighted by molar-refractivity contribution is -0.146. The molecule has 1 fully saturated rings. The van der Waals surface area contributed by atoms with Crippen LogP contribution in [-0.4, -0.2) is 22.4 Å². The largest absolute Gasteiger partial charge is 0.345 e. The first-order valence-corrected chi connectivity index (χ1v) is 11.0. The van der Waals surface area contributed by atoms with E-state index in [2.05, 4.69) is 29.5 Å². The van der Waals surface area contributed by atoms with Gasteiger partial charge in [0.2, 0.25) is 0 Å². The van der Waals surface area contributed by atoms with E-state index in [9.17, 15) is 0 Å². The van der Waals surface area contributed by atoms with Crippen LogP contribution in [0.2, 0.25) is 0 Å². The molecule has 1 saturated heterocycles. The molecular formula is C19H37IO2. The topological polar surface area (TPSA) is 18.5 Å². The van der Waals surface area contributed by atoms with Gasteiger partial charge in [0.1, 0.15) is 0 Å². The Morgan fingerprint density at radius 1 is 0.727 bits per heavy atom. The van der Waals surface area contributed by atoms with Crippen molar-refractivity contribution in [2.24, 2.45) is 0 Å². The zero-order chi connectivity index (χ0) is 16.3. The molecule has 0 saturated carbocycles. The van der Waals surface area contributed by atoms with Crippen LogP contribution in [0.25, 0.3) is 0 Å². The van der Waals surface area contributed by atoms with Gasteiger partial charge in [-0.3, -0.25) is 0 Å². The molecule has 0 unspecified atom stereocenters. The zero-order valence-electron chi connectivity index (χ0n) is 15.0. The minimum atomic E-state index is -0.375. The highest BCUT2D eigenvalue weighted by atomic mass is 127. The van der Waals surface area contributed by atoms with Crippen LogP contribution in [0.4, 0.5) is 0 Å². The summed E-state index contributed by atoms with van der Waals surface area (Å²) in [4.78, 5) is 0. The number of rotatable bonds is 13. The van der Waals surface area contributed by atoms with E-state index in [1.807, 2.05) is 13.8 Å². The number of hydrogen-bond acceptors (Lipinski definition) is 2. The van der Waals surface area contributed by atoms with Crippen LogP contribution in [0.1, 0.15) is 97.8 Å². The highest BCUT2D eigenvalue weighted by Crippen LogP contribution is 2.33. The van der Waals surface area contributed by atoms with Crippen molar-refractivity contribution >= 4 is 22.6 Å². The first-order chi connectivity index (χ1) is 10.6. The van der Waals surface area contributed by atoms with Gasteiger partial charge < -0.3 is 9.47 Å². The van der Waals surface area contributed by atoms with Crippen molar-refractivity contribution in [3.8, 4) is 0 Å². The summed E-state index contributed by atoms with van der Waals surface area (Å²) in [5.74, 6) is -0.375. The smallest absolute Gasteiger partial charge is 0.163 e. The molecule has 132 valence electrons. The number of hydrogen-bond donors (Lipinski definition) is 0. The Morgan fingerprint density at radius 3 is 1.68 bits per heavy atom. The fourth-order valence-electron chi connectivity index (χ4n) is 3.34. The average molecular weight is 424 g/mol. The van der Waals surface area contributed by atoms with Crippen LogP contribution in [0.5, 0.6) is 0 Å². The molecule has 0 aromatic heterocycles. The Hall–Kier alpha value is 0.650. The Labute approximate surface area is 152 Å². The minimum absolute atomic E-state index is 0.311. The van der Waals surface area contributed by atoms with Crippen molar-refractivity contribution in [3.63, 3.8) is 0 Å². The van der Waals surface area contributed by atoms with Gasteiger partial charge in [-0.1, -0.05) is 93.7 Å². The molecule has 0 bridgehead atoms. The molecular weight excluding hydrogens is 387 g/mol. The Kier molecular flexibility index (Phi) is 11.4. The molecule has 1 rings (SSSR count). The number of unbranched alkanes of at least 4 members (excludes halogenated alkanes) is 9. The third kappa shape index (κ3) is 9.07. The van der Waals surface area contributed by atoms with E-state index < -0.39 is 0 Å². The zero-order valence-corrected chi connectivity index (χ0v) is 17.2. The monoisotopic (exact) mass is 424 g/mol. The summed E-state index contributed by atoms with van der Waals surface area (Å²) in [7, 11) is 0. The molecule has 22 heavy (non-hydrogen) atoms. The molecule has 0 aromatic carbocycles. The van der Waals surface area contributed by atoms with E-state index in [1.165, 1.54) is 70.6 Å². The summed E-state index contributed by atoms with van der Waals surface area (Å²) in [6, 6.07) is 0. The average Bonchev–Trinajstić information content (AvgIpc) is 2.75. The third-order valence-corrected chi connectivity index (χ3v) is 5.14. The summed E-state index contributed by atoms with van der Waals surface area (Å²) in [5.41, 5.74) is 0. The predicted molar refractivity (Wildman–Crippen MR) is 104 cm³/mol. The molecule has 1 aliphatic heterocycles. The summed E-state index contributed by atoms with van der Waals surface area (Å²) in [6.07, 6.45) is 16.9. The van der Waals surface area contributed by atoms with Crippen LogP contribution in [-0.2, 0) is 9.47 Å². The van der Waals surface area contributed by atoms with Gasteiger partial charge in [-0.15, -0.1) is 0 Å². The number of halogens is 1. The molecule has 0 aliphatic carbocycles. The Bertz CT molecular complexity index is 268. The van der Waals surface area contributed by atoms with Crippen LogP contribution < -0.4 is 0 Å². The van der Waals surface area contributed by atoms with E-state index in [-0.39, 0.29) is 5.79 Å². The second-order valence-electron chi connectivity index (χ2n) is 7.16. The van der Waals surface area contributed by atoms with Crippen LogP contribution in [0.15, 0.2) is 0 Å². The third-order valence-electron chi connectivity index (χ3n) is 4.52. The summed E-state index contributed by atoms with van der Waals surface area (Å²) in [6.45, 7) is 6.38. The Balaban J connectivity index is 1.99. The SMILES string of the molecule is CCCCCCCCCCCC[C@H]1OC(C)(C)O[C@@H]1CCI. The molecule has 0 amide bonds. The van der Waals surface area contributed by atoms with Crippen LogP contribution in [0, 0.1) is 0 Å². The fraction of sp³-hybridized carbons (Fsp3) is 1.00. The van der Waals surface area contributed by atoms with Gasteiger partial charge in [0, 0.05) is 4.43 Å². The van der Waals surface area contributed by atoms with Crippen molar-refractivity contribution in [2.75, 3.05) is 4.43 Å². The van der Waals surface area contributed by atoms with Gasteiger partial charge in [-0.05, 0) is 26.7 Å². The first kappa shape index (κ1) is 20.7. The maximum atomic E-state index is 6.07. The number of alkyl halides is 1. The highest BCUT2D eigenvalue weighted by molar-refractivity contribution is 14.1. The summed E-state index contributed by atoms with van der Waals surface area (Å²) in [5, 5.41) is 0. The van der Waals surface area contributed by atoms with Gasteiger partial charge in [0.15, 0.2) is 5.79 Å². The van der Waals surface area contributed by atoms with Crippen molar-refractivity contribution in [1.29, 1.82) is 0 Å². The summed E-state index contributed by atoms with van der Waals surface area (Å²) < 4.78 is 13.2. The first-order valence-electron chi connectivity index (χ1n) is 9.50. The molecule has 0 N–H and O–H groups in total. The van der Waals surface area contributed by atoms with Crippen molar-refractivity contribution < 1.29 is 9.47 Å². The van der Waals surface area contributed by atoms with E-state index in [1.54, 1.807) is 0 Å². The lowest BCUT2D eigenvalue weighted by Crippen LogP contribution is -2.22. The van der Waals surface area contributed by atoms with Crippen LogP contribution >= 0.6 is 22.6 Å². The lowest BCUT2D eigenvalue weighted by Gasteiger charge is -2.16. The maximum absolute atomic E-state index is 6.07. The Morgan fingerprint density at radius 2 is 1.18 bits per heavy atom. The summed E-state index contributed by atoms with van der Waals surface area (Å²) >= 11 is 2.44. The van der Waals surface area contributed by atoms with Crippen molar-refractivity contribution in [2.45, 2.75) is 116 Å². The van der Waals surface area contributed by atoms with E-state index >= 15 is 0 Å². The molecule has 1 aliphatic rings. The molecule has 0 aromatic rings. The molecule has 1 heterocycles. The van der Waals surface area contributed by atoms with Crippen LogP contribution in [0.3, 0.4) is 0 Å². The molecule has 2 atom stereocenters. The van der Waals surface area contributed by atoms with Crippen molar-refractivity contribution in [3.05, 3.63) is 0 Å². The normalized spacial score (nSPS) is 24.0. The van der Waals surface area contributed by atoms with E-state index in [4.69, 9.17) is 9.47 Å². The van der Waals surface area contributed by atoms with Gasteiger partial charge in [-0.2, -0.15) is 0 Å². The van der Waals surface area contributed by atoms with E-state index in [0.717, 1.165) is 10.8 Å². The minimum Gasteiger partial charge on any atom is -0.345 e. The molecule has 0 radical (unpaired) electrons. The quantitative estimate of drug-likeness (QED) is 0.187. The molecule has 2 nitrogen and oxygen atoms in total. The second-order valence-corrected chi connectivity index (χ2v) is 8.24. The second kappa shape index (κ2) is 12.1. The van der Waals surface area contributed by atoms with Crippen molar-refractivity contribution in [1.82, 2.24) is 0 Å². The standard InChI is InChI=1S/C19H37IO2/c1-4-5-6-7-8-9-10-11-12-13-14-17-18(15-16-20)22-19(2,3)21-17/h17-18H,4-16H2,1-3H3/t17-,18-/m1/s1.